The maximum absolute atomic E-state index is 13.1. The van der Waals surface area contributed by atoms with E-state index in [0.717, 1.165) is 70.2 Å². The summed E-state index contributed by atoms with van der Waals surface area (Å²) >= 11 is 0. The number of ether oxygens (including phenoxy) is 2. The number of aliphatic carboxylic acids is 1. The first kappa shape index (κ1) is 26.4. The van der Waals surface area contributed by atoms with Crippen LogP contribution < -0.4 is 0 Å². The fourth-order valence-corrected chi connectivity index (χ4v) is 7.62. The average Bonchev–Trinajstić information content (AvgIpc) is 3.44. The normalized spacial score (nSPS) is 37.6. The van der Waals surface area contributed by atoms with E-state index in [-0.39, 0.29) is 23.9 Å². The molecule has 0 aromatic rings. The number of hydrogen-bond donors (Lipinski definition) is 1. The number of aldehydes is 1. The molecule has 0 aliphatic heterocycles. The van der Waals surface area contributed by atoms with E-state index in [4.69, 9.17) is 9.47 Å². The van der Waals surface area contributed by atoms with Crippen LogP contribution >= 0.6 is 0 Å². The molecule has 0 aromatic carbocycles. The summed E-state index contributed by atoms with van der Waals surface area (Å²) in [6.45, 7) is 12.9. The fraction of sp³-hybridized carbons (Fsp3) is 0.857. The summed E-state index contributed by atoms with van der Waals surface area (Å²) < 4.78 is 12.0. The highest BCUT2D eigenvalue weighted by Gasteiger charge is 2.71. The largest absolute Gasteiger partial charge is 0.481 e. The van der Waals surface area contributed by atoms with Crippen molar-refractivity contribution in [2.45, 2.75) is 92.1 Å². The molecule has 5 heteroatoms. The van der Waals surface area contributed by atoms with Gasteiger partial charge in [0.15, 0.2) is 0 Å². The van der Waals surface area contributed by atoms with Crippen LogP contribution in [0.4, 0.5) is 0 Å². The lowest BCUT2D eigenvalue weighted by molar-refractivity contribution is -0.160. The van der Waals surface area contributed by atoms with Gasteiger partial charge in [-0.15, -0.1) is 0 Å². The number of carbonyl (C=O) groups is 2. The van der Waals surface area contributed by atoms with Gasteiger partial charge in [0.05, 0.1) is 6.10 Å². The zero-order valence-corrected chi connectivity index (χ0v) is 21.5. The molecule has 2 fully saturated rings. The van der Waals surface area contributed by atoms with E-state index in [1.807, 2.05) is 0 Å². The third-order valence-electron chi connectivity index (χ3n) is 8.96. The number of hydrogen-bond acceptors (Lipinski definition) is 4. The van der Waals surface area contributed by atoms with Crippen LogP contribution in [0.15, 0.2) is 11.6 Å². The second-order valence-electron chi connectivity index (χ2n) is 11.2. The van der Waals surface area contributed by atoms with Crippen LogP contribution in [0.2, 0.25) is 0 Å². The number of allylic oxidation sites excluding steroid dienone is 1. The first-order valence-electron chi connectivity index (χ1n) is 13.4. The summed E-state index contributed by atoms with van der Waals surface area (Å²) in [6.07, 6.45) is 10.5. The number of rotatable bonds is 14. The van der Waals surface area contributed by atoms with Crippen molar-refractivity contribution in [2.75, 3.05) is 19.8 Å². The molecular formula is C28H46O5. The van der Waals surface area contributed by atoms with Gasteiger partial charge in [-0.3, -0.25) is 4.79 Å². The Labute approximate surface area is 200 Å². The van der Waals surface area contributed by atoms with Gasteiger partial charge in [-0.1, -0.05) is 52.7 Å². The van der Waals surface area contributed by atoms with Gasteiger partial charge in [0.1, 0.15) is 11.7 Å². The number of carbonyl (C=O) groups excluding carboxylic acids is 1. The van der Waals surface area contributed by atoms with Gasteiger partial charge >= 0.3 is 5.97 Å². The molecule has 0 heterocycles. The minimum absolute atomic E-state index is 0.0481. The number of carboxylic acids is 1. The van der Waals surface area contributed by atoms with E-state index >= 15 is 0 Å². The topological polar surface area (TPSA) is 72.8 Å². The molecule has 0 amide bonds. The molecule has 7 atom stereocenters. The molecule has 3 rings (SSSR count). The van der Waals surface area contributed by atoms with Crippen molar-refractivity contribution >= 4 is 12.3 Å². The van der Waals surface area contributed by atoms with E-state index in [2.05, 4.69) is 40.7 Å². The minimum Gasteiger partial charge on any atom is -0.481 e. The second kappa shape index (κ2) is 11.0. The molecule has 2 bridgehead atoms. The van der Waals surface area contributed by atoms with Crippen molar-refractivity contribution in [3.8, 4) is 0 Å². The first-order chi connectivity index (χ1) is 15.8. The third kappa shape index (κ3) is 4.57. The molecule has 1 N–H and O–H groups in total. The first-order valence-corrected chi connectivity index (χ1v) is 13.4. The van der Waals surface area contributed by atoms with Crippen LogP contribution in [0.1, 0.15) is 86.0 Å². The second-order valence-corrected chi connectivity index (χ2v) is 11.2. The number of fused-ring (bicyclic) bond motifs is 2. The number of carboxylic acid groups (broad SMARTS) is 1. The molecule has 0 saturated heterocycles. The van der Waals surface area contributed by atoms with Crippen LogP contribution in [0, 0.1) is 40.4 Å². The summed E-state index contributed by atoms with van der Waals surface area (Å²) in [5, 5.41) is 10.6. The van der Waals surface area contributed by atoms with Crippen molar-refractivity contribution < 1.29 is 24.2 Å². The molecule has 3 aliphatic rings. The maximum atomic E-state index is 13.1. The van der Waals surface area contributed by atoms with Gasteiger partial charge < -0.3 is 19.4 Å². The zero-order valence-electron chi connectivity index (χ0n) is 21.5. The van der Waals surface area contributed by atoms with Crippen LogP contribution in [0.5, 0.6) is 0 Å². The zero-order chi connectivity index (χ0) is 24.2. The Morgan fingerprint density at radius 2 is 1.91 bits per heavy atom. The Kier molecular flexibility index (Phi) is 8.82. The van der Waals surface area contributed by atoms with Crippen molar-refractivity contribution in [3.63, 3.8) is 0 Å². The van der Waals surface area contributed by atoms with Gasteiger partial charge in [-0.25, -0.2) is 0 Å². The predicted octanol–water partition coefficient (Wildman–Crippen LogP) is 5.91. The lowest BCUT2D eigenvalue weighted by atomic mass is 9.52. The Bertz CT molecular complexity index is 715. The molecule has 0 aromatic heterocycles. The molecule has 188 valence electrons. The molecule has 2 saturated carbocycles. The summed E-state index contributed by atoms with van der Waals surface area (Å²) in [4.78, 5) is 26.0. The van der Waals surface area contributed by atoms with E-state index in [1.54, 1.807) is 0 Å². The Balaban J connectivity index is 1.90. The van der Waals surface area contributed by atoms with Gasteiger partial charge in [-0.05, 0) is 74.5 Å². The van der Waals surface area contributed by atoms with Crippen LogP contribution in [-0.4, -0.2) is 43.3 Å². The highest BCUT2D eigenvalue weighted by molar-refractivity contribution is 5.88. The van der Waals surface area contributed by atoms with E-state index < -0.39 is 16.8 Å². The molecule has 3 aliphatic carbocycles. The van der Waals surface area contributed by atoms with Crippen LogP contribution in [0.25, 0.3) is 0 Å². The van der Waals surface area contributed by atoms with Crippen molar-refractivity contribution in [1.29, 1.82) is 0 Å². The van der Waals surface area contributed by atoms with Crippen molar-refractivity contribution in [1.82, 2.24) is 0 Å². The summed E-state index contributed by atoms with van der Waals surface area (Å²) in [5.74, 6) is 0.195. The molecule has 0 radical (unpaired) electrons. The Hall–Kier alpha value is -1.20. The number of unbranched alkanes of at least 4 members (excludes halogenated alkanes) is 1. The van der Waals surface area contributed by atoms with E-state index in [1.165, 1.54) is 0 Å². The van der Waals surface area contributed by atoms with Gasteiger partial charge in [0, 0.05) is 25.2 Å². The summed E-state index contributed by atoms with van der Waals surface area (Å²) in [6, 6.07) is 0. The van der Waals surface area contributed by atoms with E-state index in [0.29, 0.717) is 24.7 Å². The van der Waals surface area contributed by atoms with Crippen LogP contribution in [0.3, 0.4) is 0 Å². The lowest BCUT2D eigenvalue weighted by Gasteiger charge is -2.48. The molecule has 0 spiro atoms. The standard InChI is InChI=1S/C28H46O5/c1-6-11-32-13-9-8-10-22-20(5)25(33-12-7-2)15-24(22)27(18-29)16-21-14-23(19(3)4)28(27,17-21)26(30)31/h14,18-22,24-25H,6-13,15-17H2,1-5H3,(H,30,31)/t20?,21?,22?,24?,25?,27-,28+/m0/s1. The minimum atomic E-state index is -1.06. The molecular weight excluding hydrogens is 416 g/mol. The quantitative estimate of drug-likeness (QED) is 0.197. The summed E-state index contributed by atoms with van der Waals surface area (Å²) in [7, 11) is 0. The van der Waals surface area contributed by atoms with Crippen LogP contribution in [-0.2, 0) is 19.1 Å². The maximum Gasteiger partial charge on any atom is 0.314 e. The van der Waals surface area contributed by atoms with Gasteiger partial charge in [0.25, 0.3) is 0 Å². The average molecular weight is 463 g/mol. The van der Waals surface area contributed by atoms with E-state index in [9.17, 15) is 14.7 Å². The fourth-order valence-electron chi connectivity index (χ4n) is 7.62. The highest BCUT2D eigenvalue weighted by Crippen LogP contribution is 2.70. The third-order valence-corrected chi connectivity index (χ3v) is 8.96. The van der Waals surface area contributed by atoms with Gasteiger partial charge in [-0.2, -0.15) is 0 Å². The predicted molar refractivity (Wildman–Crippen MR) is 130 cm³/mol. The molecule has 5 nitrogen and oxygen atoms in total. The van der Waals surface area contributed by atoms with Gasteiger partial charge in [0.2, 0.25) is 0 Å². The van der Waals surface area contributed by atoms with Crippen molar-refractivity contribution in [3.05, 3.63) is 11.6 Å². The Morgan fingerprint density at radius 1 is 1.18 bits per heavy atom. The molecule has 33 heavy (non-hydrogen) atoms. The molecule has 5 unspecified atom stereocenters. The smallest absolute Gasteiger partial charge is 0.314 e. The Morgan fingerprint density at radius 3 is 2.52 bits per heavy atom. The lowest BCUT2D eigenvalue weighted by Crippen LogP contribution is -2.53. The summed E-state index contributed by atoms with van der Waals surface area (Å²) in [5.41, 5.74) is -0.907. The SMILES string of the molecule is CCCOCCCCC1C(C)C(OCCC)CC1[C@@]1(C=O)CC2C=C(C(C)C)[C@@]1(C(=O)O)C2. The highest BCUT2D eigenvalue weighted by atomic mass is 16.5. The van der Waals surface area contributed by atoms with Crippen molar-refractivity contribution in [2.24, 2.45) is 40.4 Å². The monoisotopic (exact) mass is 462 g/mol.